The van der Waals surface area contributed by atoms with Gasteiger partial charge in [-0.25, -0.2) is 4.39 Å². The Hall–Kier alpha value is -2.04. The van der Waals surface area contributed by atoms with Crippen molar-refractivity contribution in [3.8, 4) is 5.75 Å². The van der Waals surface area contributed by atoms with E-state index in [0.717, 1.165) is 41.0 Å². The van der Waals surface area contributed by atoms with Gasteiger partial charge in [-0.05, 0) is 58.6 Å². The Kier molecular flexibility index (Phi) is 5.26. The Morgan fingerprint density at radius 3 is 2.73 bits per heavy atom. The van der Waals surface area contributed by atoms with Crippen molar-refractivity contribution in [3.05, 3.63) is 29.5 Å². The fourth-order valence-corrected chi connectivity index (χ4v) is 3.26. The molecule has 1 aromatic carbocycles. The first-order chi connectivity index (χ1) is 12.3. The first-order valence-corrected chi connectivity index (χ1v) is 9.47. The highest BCUT2D eigenvalue weighted by molar-refractivity contribution is 6.09. The number of hydrogen-bond acceptors (Lipinski definition) is 4. The summed E-state index contributed by atoms with van der Waals surface area (Å²) in [5.74, 6) is 0.722. The minimum atomic E-state index is -1.41. The van der Waals surface area contributed by atoms with Crippen LogP contribution in [0.15, 0.2) is 18.3 Å². The largest absolute Gasteiger partial charge is 0.489 e. The Balaban J connectivity index is 2.01. The van der Waals surface area contributed by atoms with E-state index < -0.39 is 5.67 Å². The number of hydrogen-bond donors (Lipinski definition) is 2. The standard InChI is InChI=1S/C21H30FN3O/c1-14-5-8-18-19(25(14)4)10-9-17(20(18)26-13-21(2,3)22)15(11-23)12-24-16-6-7-16/h9-12,14,16,23-24H,5-8,13H2,1-4H3/b15-12+,23-11?. The highest BCUT2D eigenvalue weighted by Gasteiger charge is 2.27. The van der Waals surface area contributed by atoms with Crippen LogP contribution >= 0.6 is 0 Å². The minimum Gasteiger partial charge on any atom is -0.489 e. The number of fused-ring (bicyclic) bond motifs is 1. The van der Waals surface area contributed by atoms with Crippen molar-refractivity contribution in [2.75, 3.05) is 18.6 Å². The fraction of sp³-hybridized carbons (Fsp3) is 0.571. The van der Waals surface area contributed by atoms with Gasteiger partial charge in [0.25, 0.3) is 0 Å². The van der Waals surface area contributed by atoms with Crippen LogP contribution in [0.3, 0.4) is 0 Å². The normalized spacial score (nSPS) is 20.6. The van der Waals surface area contributed by atoms with E-state index in [4.69, 9.17) is 10.1 Å². The number of nitrogens with zero attached hydrogens (tertiary/aromatic N) is 1. The molecule has 2 N–H and O–H groups in total. The maximum Gasteiger partial charge on any atom is 0.139 e. The van der Waals surface area contributed by atoms with Crippen molar-refractivity contribution < 1.29 is 9.13 Å². The van der Waals surface area contributed by atoms with E-state index in [2.05, 4.69) is 30.3 Å². The number of halogens is 1. The SMILES string of the molecule is CC1CCc2c(ccc(/C(C=N)=C/NC3CC3)c2OCC(C)(C)F)N1C. The zero-order valence-electron chi connectivity index (χ0n) is 16.2. The first-order valence-electron chi connectivity index (χ1n) is 9.47. The van der Waals surface area contributed by atoms with Crippen LogP contribution in [0, 0.1) is 5.41 Å². The van der Waals surface area contributed by atoms with Crippen molar-refractivity contribution in [3.63, 3.8) is 0 Å². The molecular formula is C21H30FN3O. The lowest BCUT2D eigenvalue weighted by molar-refractivity contribution is 0.120. The lowest BCUT2D eigenvalue weighted by Crippen LogP contribution is -2.34. The summed E-state index contributed by atoms with van der Waals surface area (Å²) in [6.07, 6.45) is 7.53. The summed E-state index contributed by atoms with van der Waals surface area (Å²) < 4.78 is 20.1. The molecule has 1 fully saturated rings. The zero-order chi connectivity index (χ0) is 18.9. The van der Waals surface area contributed by atoms with Crippen LogP contribution in [-0.4, -0.2) is 37.6 Å². The van der Waals surface area contributed by atoms with Gasteiger partial charge >= 0.3 is 0 Å². The summed E-state index contributed by atoms with van der Waals surface area (Å²) >= 11 is 0. The third-order valence-electron chi connectivity index (χ3n) is 5.17. The molecule has 1 saturated carbocycles. The predicted molar refractivity (Wildman–Crippen MR) is 106 cm³/mol. The van der Waals surface area contributed by atoms with Crippen molar-refractivity contribution in [2.45, 2.75) is 64.2 Å². The number of anilines is 1. The van der Waals surface area contributed by atoms with Crippen LogP contribution in [0.4, 0.5) is 10.1 Å². The number of alkyl halides is 1. The van der Waals surface area contributed by atoms with Gasteiger partial charge in [0.2, 0.25) is 0 Å². The zero-order valence-corrected chi connectivity index (χ0v) is 16.2. The Labute approximate surface area is 155 Å². The summed E-state index contributed by atoms with van der Waals surface area (Å²) in [6.45, 7) is 5.26. The third kappa shape index (κ3) is 4.19. The molecule has 3 rings (SSSR count). The van der Waals surface area contributed by atoms with E-state index >= 15 is 0 Å². The Bertz CT molecular complexity index is 704. The molecule has 2 aliphatic rings. The number of ether oxygens (including phenoxy) is 1. The smallest absolute Gasteiger partial charge is 0.139 e. The van der Waals surface area contributed by atoms with Gasteiger partial charge in [-0.2, -0.15) is 0 Å². The number of rotatable bonds is 7. The molecule has 0 bridgehead atoms. The lowest BCUT2D eigenvalue weighted by atomic mass is 9.92. The van der Waals surface area contributed by atoms with E-state index in [1.165, 1.54) is 32.9 Å². The average molecular weight is 359 g/mol. The van der Waals surface area contributed by atoms with Gasteiger partial charge in [-0.1, -0.05) is 0 Å². The molecule has 1 heterocycles. The second kappa shape index (κ2) is 7.29. The second-order valence-electron chi connectivity index (χ2n) is 8.13. The molecule has 0 saturated heterocycles. The van der Waals surface area contributed by atoms with Gasteiger partial charge in [-0.15, -0.1) is 0 Å². The summed E-state index contributed by atoms with van der Waals surface area (Å²) in [7, 11) is 2.09. The van der Waals surface area contributed by atoms with E-state index in [1.807, 2.05) is 12.3 Å². The van der Waals surface area contributed by atoms with Crippen LogP contribution in [-0.2, 0) is 6.42 Å². The fourth-order valence-electron chi connectivity index (χ4n) is 3.26. The number of allylic oxidation sites excluding steroid dienone is 1. The summed E-state index contributed by atoms with van der Waals surface area (Å²) in [5, 5.41) is 11.2. The average Bonchev–Trinajstić information content (AvgIpc) is 3.40. The van der Waals surface area contributed by atoms with Gasteiger partial charge in [0, 0.05) is 53.9 Å². The molecule has 1 aliphatic heterocycles. The molecule has 1 atom stereocenters. The summed E-state index contributed by atoms with van der Waals surface area (Å²) in [4.78, 5) is 2.26. The van der Waals surface area contributed by atoms with Crippen LogP contribution in [0.5, 0.6) is 5.75 Å². The second-order valence-corrected chi connectivity index (χ2v) is 8.13. The molecule has 0 spiro atoms. The highest BCUT2D eigenvalue weighted by Crippen LogP contribution is 2.40. The molecule has 142 valence electrons. The molecular weight excluding hydrogens is 329 g/mol. The van der Waals surface area contributed by atoms with Crippen LogP contribution in [0.2, 0.25) is 0 Å². The van der Waals surface area contributed by atoms with Gasteiger partial charge in [0.05, 0.1) is 0 Å². The first kappa shape index (κ1) is 18.7. The number of benzene rings is 1. The van der Waals surface area contributed by atoms with Crippen molar-refractivity contribution >= 4 is 17.5 Å². The highest BCUT2D eigenvalue weighted by atomic mass is 19.1. The monoisotopic (exact) mass is 359 g/mol. The topological polar surface area (TPSA) is 48.4 Å². The molecule has 0 aromatic heterocycles. The summed E-state index contributed by atoms with van der Waals surface area (Å²) in [6, 6.07) is 5.08. The summed E-state index contributed by atoms with van der Waals surface area (Å²) in [5.41, 5.74) is 2.48. The van der Waals surface area contributed by atoms with Crippen molar-refractivity contribution in [1.82, 2.24) is 5.32 Å². The molecule has 5 heteroatoms. The maximum atomic E-state index is 14.1. The van der Waals surface area contributed by atoms with E-state index in [0.29, 0.717) is 12.1 Å². The molecule has 1 unspecified atom stereocenters. The maximum absolute atomic E-state index is 14.1. The molecule has 4 nitrogen and oxygen atoms in total. The van der Waals surface area contributed by atoms with Crippen LogP contribution in [0.1, 0.15) is 51.2 Å². The van der Waals surface area contributed by atoms with Gasteiger partial charge < -0.3 is 20.4 Å². The van der Waals surface area contributed by atoms with Gasteiger partial charge in [-0.3, -0.25) is 0 Å². The van der Waals surface area contributed by atoms with E-state index in [9.17, 15) is 4.39 Å². The van der Waals surface area contributed by atoms with Gasteiger partial charge in [0.15, 0.2) is 0 Å². The molecule has 0 radical (unpaired) electrons. The molecule has 1 aliphatic carbocycles. The van der Waals surface area contributed by atoms with E-state index in [-0.39, 0.29) is 6.61 Å². The van der Waals surface area contributed by atoms with Crippen molar-refractivity contribution in [1.29, 1.82) is 5.41 Å². The Morgan fingerprint density at radius 2 is 2.12 bits per heavy atom. The van der Waals surface area contributed by atoms with Gasteiger partial charge in [0.1, 0.15) is 18.0 Å². The quantitative estimate of drug-likeness (QED) is 0.713. The van der Waals surface area contributed by atoms with E-state index in [1.54, 1.807) is 0 Å². The van der Waals surface area contributed by atoms with Crippen LogP contribution < -0.4 is 15.0 Å². The molecule has 26 heavy (non-hydrogen) atoms. The molecule has 1 aromatic rings. The van der Waals surface area contributed by atoms with Crippen molar-refractivity contribution in [2.24, 2.45) is 0 Å². The van der Waals surface area contributed by atoms with Crippen LogP contribution in [0.25, 0.3) is 5.57 Å². The molecule has 0 amide bonds. The third-order valence-corrected chi connectivity index (χ3v) is 5.17. The Morgan fingerprint density at radius 1 is 1.38 bits per heavy atom. The number of nitrogens with one attached hydrogen (secondary N) is 2. The minimum absolute atomic E-state index is 0.00292. The predicted octanol–water partition coefficient (Wildman–Crippen LogP) is 4.33. The lowest BCUT2D eigenvalue weighted by Gasteiger charge is -2.35.